The summed E-state index contributed by atoms with van der Waals surface area (Å²) >= 11 is 0. The van der Waals surface area contributed by atoms with Crippen LogP contribution in [0, 0.1) is 0 Å². The predicted octanol–water partition coefficient (Wildman–Crippen LogP) is 2.85. The lowest BCUT2D eigenvalue weighted by Gasteiger charge is -2.37. The van der Waals surface area contributed by atoms with Crippen LogP contribution in [-0.2, 0) is 20.7 Å². The number of ketones is 1. The Balaban J connectivity index is 1.45. The van der Waals surface area contributed by atoms with E-state index in [2.05, 4.69) is 5.32 Å². The van der Waals surface area contributed by atoms with E-state index < -0.39 is 12.1 Å². The maximum atomic E-state index is 13.7. The smallest absolute Gasteiger partial charge is 0.252 e. The van der Waals surface area contributed by atoms with Gasteiger partial charge in [0.25, 0.3) is 5.91 Å². The van der Waals surface area contributed by atoms with Gasteiger partial charge in [-0.2, -0.15) is 0 Å². The minimum Gasteiger partial charge on any atom is -0.508 e. The van der Waals surface area contributed by atoms with Gasteiger partial charge in [-0.15, -0.1) is 0 Å². The molecular weight excluding hydrogens is 432 g/mol. The Kier molecular flexibility index (Phi) is 6.02. The third-order valence-electron chi connectivity index (χ3n) is 6.64. The minimum atomic E-state index is -0.872. The van der Waals surface area contributed by atoms with E-state index in [4.69, 9.17) is 4.74 Å². The van der Waals surface area contributed by atoms with E-state index in [-0.39, 0.29) is 42.5 Å². The Labute approximate surface area is 197 Å². The highest BCUT2D eigenvalue weighted by Crippen LogP contribution is 2.27. The summed E-state index contributed by atoms with van der Waals surface area (Å²) in [5.74, 6) is -0.618. The molecular formula is C27H26N2O5. The number of fused-ring (bicyclic) bond motifs is 2. The van der Waals surface area contributed by atoms with Gasteiger partial charge in [0.1, 0.15) is 24.4 Å². The van der Waals surface area contributed by atoms with Crippen LogP contribution >= 0.6 is 0 Å². The van der Waals surface area contributed by atoms with Crippen LogP contribution in [0.4, 0.5) is 0 Å². The molecule has 0 aromatic heterocycles. The van der Waals surface area contributed by atoms with E-state index in [1.807, 2.05) is 36.4 Å². The molecule has 7 nitrogen and oxygen atoms in total. The lowest BCUT2D eigenvalue weighted by molar-refractivity contribution is -0.142. The SMILES string of the molecule is O=C(NC(Cc1ccc(O)cc1)C(=O)N1CCCC2OCC(=O)C21)c1cccc2ccccc12. The number of rotatable bonds is 5. The number of hydrogen-bond donors (Lipinski definition) is 2. The molecule has 0 saturated carbocycles. The van der Waals surface area contributed by atoms with Crippen LogP contribution < -0.4 is 5.32 Å². The third kappa shape index (κ3) is 4.26. The first kappa shape index (κ1) is 22.1. The zero-order valence-corrected chi connectivity index (χ0v) is 18.6. The second-order valence-corrected chi connectivity index (χ2v) is 8.86. The molecule has 3 aromatic rings. The molecule has 0 bridgehead atoms. The molecule has 3 atom stereocenters. The van der Waals surface area contributed by atoms with Gasteiger partial charge in [0.05, 0.1) is 6.10 Å². The quantitative estimate of drug-likeness (QED) is 0.613. The van der Waals surface area contributed by atoms with E-state index in [1.54, 1.807) is 35.2 Å². The van der Waals surface area contributed by atoms with E-state index in [9.17, 15) is 19.5 Å². The van der Waals surface area contributed by atoms with Crippen LogP contribution in [0.15, 0.2) is 66.7 Å². The number of carbonyl (C=O) groups excluding carboxylic acids is 3. The van der Waals surface area contributed by atoms with Crippen molar-refractivity contribution in [1.82, 2.24) is 10.2 Å². The van der Waals surface area contributed by atoms with Crippen LogP contribution in [-0.4, -0.2) is 58.9 Å². The largest absolute Gasteiger partial charge is 0.508 e. The number of phenolic OH excluding ortho intramolecular Hbond substituents is 1. The first-order valence-electron chi connectivity index (χ1n) is 11.5. The average molecular weight is 459 g/mol. The van der Waals surface area contributed by atoms with Gasteiger partial charge in [-0.1, -0.05) is 48.5 Å². The first-order chi connectivity index (χ1) is 16.5. The fourth-order valence-corrected chi connectivity index (χ4v) is 4.97. The fourth-order valence-electron chi connectivity index (χ4n) is 4.97. The van der Waals surface area contributed by atoms with Crippen molar-refractivity contribution in [1.29, 1.82) is 0 Å². The molecule has 2 N–H and O–H groups in total. The zero-order chi connectivity index (χ0) is 23.7. The van der Waals surface area contributed by atoms with E-state index in [0.717, 1.165) is 29.2 Å². The molecule has 174 valence electrons. The number of nitrogens with one attached hydrogen (secondary N) is 1. The Hall–Kier alpha value is -3.71. The van der Waals surface area contributed by atoms with E-state index in [1.165, 1.54) is 0 Å². The molecule has 3 unspecified atom stereocenters. The van der Waals surface area contributed by atoms with Gasteiger partial charge in [0.15, 0.2) is 5.78 Å². The van der Waals surface area contributed by atoms with Crippen molar-refractivity contribution in [3.05, 3.63) is 77.9 Å². The van der Waals surface area contributed by atoms with Crippen LogP contribution in [0.5, 0.6) is 5.75 Å². The Morgan fingerprint density at radius 3 is 2.65 bits per heavy atom. The van der Waals surface area contributed by atoms with Crippen molar-refractivity contribution in [3.8, 4) is 5.75 Å². The highest BCUT2D eigenvalue weighted by atomic mass is 16.5. The second kappa shape index (κ2) is 9.27. The Morgan fingerprint density at radius 1 is 1.06 bits per heavy atom. The molecule has 2 heterocycles. The summed E-state index contributed by atoms with van der Waals surface area (Å²) in [6, 6.07) is 18.2. The van der Waals surface area contributed by atoms with Crippen molar-refractivity contribution < 1.29 is 24.2 Å². The molecule has 0 radical (unpaired) electrons. The first-order valence-corrected chi connectivity index (χ1v) is 11.5. The Bertz CT molecular complexity index is 1230. The standard InChI is InChI=1S/C27H26N2O5/c30-19-12-10-17(11-13-19)15-22(27(33)29-14-4-9-24-25(29)23(31)16-34-24)28-26(32)21-8-3-6-18-5-1-2-7-20(18)21/h1-3,5-8,10-13,22,24-25,30H,4,9,14-16H2,(H,28,32). The number of Topliss-reactive ketones (excluding diaryl/α,β-unsaturated/α-hetero) is 1. The average Bonchev–Trinajstić information content (AvgIpc) is 3.25. The number of amides is 2. The maximum absolute atomic E-state index is 13.7. The molecule has 0 aliphatic carbocycles. The van der Waals surface area contributed by atoms with Crippen molar-refractivity contribution in [3.63, 3.8) is 0 Å². The number of phenols is 1. The third-order valence-corrected chi connectivity index (χ3v) is 6.64. The normalized spacial score (nSPS) is 20.7. The number of hydrogen-bond acceptors (Lipinski definition) is 5. The molecule has 2 aliphatic heterocycles. The number of benzene rings is 3. The molecule has 3 aromatic carbocycles. The highest BCUT2D eigenvalue weighted by Gasteiger charge is 2.45. The number of piperidine rings is 1. The molecule has 2 saturated heterocycles. The lowest BCUT2D eigenvalue weighted by Crippen LogP contribution is -2.58. The summed E-state index contributed by atoms with van der Waals surface area (Å²) < 4.78 is 5.60. The zero-order valence-electron chi connectivity index (χ0n) is 18.6. The summed E-state index contributed by atoms with van der Waals surface area (Å²) in [6.07, 6.45) is 1.43. The number of ether oxygens (including phenoxy) is 1. The highest BCUT2D eigenvalue weighted by molar-refractivity contribution is 6.08. The van der Waals surface area contributed by atoms with Gasteiger partial charge < -0.3 is 20.1 Å². The minimum absolute atomic E-state index is 0.0180. The maximum Gasteiger partial charge on any atom is 0.252 e. The summed E-state index contributed by atoms with van der Waals surface area (Å²) in [5, 5.41) is 14.3. The number of carbonyl (C=O) groups is 3. The van der Waals surface area contributed by atoms with Gasteiger partial charge in [0, 0.05) is 18.5 Å². The van der Waals surface area contributed by atoms with Gasteiger partial charge in [-0.25, -0.2) is 0 Å². The van der Waals surface area contributed by atoms with Gasteiger partial charge in [-0.05, 0) is 47.4 Å². The Morgan fingerprint density at radius 2 is 1.82 bits per heavy atom. The monoisotopic (exact) mass is 458 g/mol. The van der Waals surface area contributed by atoms with Gasteiger partial charge >= 0.3 is 0 Å². The van der Waals surface area contributed by atoms with Crippen LogP contribution in [0.2, 0.25) is 0 Å². The van der Waals surface area contributed by atoms with Crippen molar-refractivity contribution in [2.24, 2.45) is 0 Å². The van der Waals surface area contributed by atoms with Gasteiger partial charge in [-0.3, -0.25) is 14.4 Å². The lowest BCUT2D eigenvalue weighted by atomic mass is 9.95. The summed E-state index contributed by atoms with van der Waals surface area (Å²) in [4.78, 5) is 41.2. The summed E-state index contributed by atoms with van der Waals surface area (Å²) in [7, 11) is 0. The van der Waals surface area contributed by atoms with Gasteiger partial charge in [0.2, 0.25) is 5.91 Å². The number of likely N-dealkylation sites (tertiary alicyclic amines) is 1. The molecule has 2 amide bonds. The van der Waals surface area contributed by atoms with E-state index >= 15 is 0 Å². The van der Waals surface area contributed by atoms with Crippen LogP contribution in [0.1, 0.15) is 28.8 Å². The molecule has 0 spiro atoms. The summed E-state index contributed by atoms with van der Waals surface area (Å²) in [5.41, 5.74) is 1.27. The summed E-state index contributed by atoms with van der Waals surface area (Å²) in [6.45, 7) is 0.468. The topological polar surface area (TPSA) is 95.9 Å². The second-order valence-electron chi connectivity index (χ2n) is 8.86. The number of nitrogens with zero attached hydrogens (tertiary/aromatic N) is 1. The van der Waals surface area contributed by atoms with Crippen molar-refractivity contribution >= 4 is 28.4 Å². The fraction of sp³-hybridized carbons (Fsp3) is 0.296. The van der Waals surface area contributed by atoms with Crippen LogP contribution in [0.3, 0.4) is 0 Å². The van der Waals surface area contributed by atoms with Crippen molar-refractivity contribution in [2.45, 2.75) is 37.5 Å². The molecule has 34 heavy (non-hydrogen) atoms. The molecule has 5 rings (SSSR count). The van der Waals surface area contributed by atoms with Crippen molar-refractivity contribution in [2.75, 3.05) is 13.2 Å². The predicted molar refractivity (Wildman–Crippen MR) is 126 cm³/mol. The van der Waals surface area contributed by atoms with E-state index in [0.29, 0.717) is 12.1 Å². The van der Waals surface area contributed by atoms with Crippen LogP contribution in [0.25, 0.3) is 10.8 Å². The molecule has 7 heteroatoms. The number of aromatic hydroxyl groups is 1. The molecule has 2 fully saturated rings. The molecule has 2 aliphatic rings.